The minimum Gasteiger partial charge on any atom is -0.481 e. The van der Waals surface area contributed by atoms with Crippen LogP contribution in [0, 0.1) is 0 Å². The van der Waals surface area contributed by atoms with Crippen molar-refractivity contribution >= 4 is 27.6 Å². The normalized spacial score (nSPS) is 18.6. The number of hydrogen-bond donors (Lipinski definition) is 1. The van der Waals surface area contributed by atoms with Crippen molar-refractivity contribution in [2.24, 2.45) is 0 Å². The Balaban J connectivity index is 2.22. The summed E-state index contributed by atoms with van der Waals surface area (Å²) in [6.45, 7) is 0.908. The SMILES string of the molecule is CN1CC(CCC(=O)O)c2cccc(Br)c21. The number of rotatable bonds is 3. The molecule has 1 aromatic carbocycles. The Morgan fingerprint density at radius 2 is 2.38 bits per heavy atom. The molecule has 0 aliphatic carbocycles. The second-order valence-electron chi connectivity index (χ2n) is 4.19. The van der Waals surface area contributed by atoms with Crippen LogP contribution in [-0.2, 0) is 4.79 Å². The van der Waals surface area contributed by atoms with E-state index >= 15 is 0 Å². The molecule has 1 unspecified atom stereocenters. The van der Waals surface area contributed by atoms with Crippen LogP contribution in [0.4, 0.5) is 5.69 Å². The number of carboxylic acid groups (broad SMARTS) is 1. The number of nitrogens with zero attached hydrogens (tertiary/aromatic N) is 1. The van der Waals surface area contributed by atoms with Crippen molar-refractivity contribution in [3.63, 3.8) is 0 Å². The van der Waals surface area contributed by atoms with Crippen molar-refractivity contribution in [2.75, 3.05) is 18.5 Å². The maximum atomic E-state index is 10.6. The zero-order chi connectivity index (χ0) is 11.7. The van der Waals surface area contributed by atoms with Crippen LogP contribution in [-0.4, -0.2) is 24.7 Å². The van der Waals surface area contributed by atoms with Crippen molar-refractivity contribution in [1.82, 2.24) is 0 Å². The Morgan fingerprint density at radius 1 is 1.62 bits per heavy atom. The smallest absolute Gasteiger partial charge is 0.303 e. The molecule has 0 aromatic heterocycles. The summed E-state index contributed by atoms with van der Waals surface area (Å²) in [4.78, 5) is 12.8. The van der Waals surface area contributed by atoms with Crippen LogP contribution in [0.3, 0.4) is 0 Å². The van der Waals surface area contributed by atoms with Gasteiger partial charge >= 0.3 is 5.97 Å². The molecule has 16 heavy (non-hydrogen) atoms. The number of benzene rings is 1. The first-order chi connectivity index (χ1) is 7.59. The summed E-state index contributed by atoms with van der Waals surface area (Å²) in [6, 6.07) is 6.13. The maximum absolute atomic E-state index is 10.6. The molecule has 0 spiro atoms. The molecule has 1 aliphatic heterocycles. The lowest BCUT2D eigenvalue weighted by Gasteiger charge is -2.13. The van der Waals surface area contributed by atoms with Gasteiger partial charge in [0.25, 0.3) is 0 Å². The summed E-state index contributed by atoms with van der Waals surface area (Å²) in [5, 5.41) is 8.72. The summed E-state index contributed by atoms with van der Waals surface area (Å²) in [5.41, 5.74) is 2.47. The van der Waals surface area contributed by atoms with Gasteiger partial charge in [0.2, 0.25) is 0 Å². The molecule has 0 amide bonds. The topological polar surface area (TPSA) is 40.5 Å². The van der Waals surface area contributed by atoms with E-state index in [4.69, 9.17) is 5.11 Å². The van der Waals surface area contributed by atoms with Crippen molar-refractivity contribution < 1.29 is 9.90 Å². The molecule has 0 saturated carbocycles. The number of halogens is 1. The number of para-hydroxylation sites is 1. The zero-order valence-electron chi connectivity index (χ0n) is 9.11. The summed E-state index contributed by atoms with van der Waals surface area (Å²) < 4.78 is 1.09. The van der Waals surface area contributed by atoms with E-state index in [1.54, 1.807) is 0 Å². The molecule has 1 aliphatic rings. The fraction of sp³-hybridized carbons (Fsp3) is 0.417. The van der Waals surface area contributed by atoms with E-state index in [0.717, 1.165) is 11.0 Å². The van der Waals surface area contributed by atoms with E-state index in [1.807, 2.05) is 19.2 Å². The third kappa shape index (κ3) is 2.07. The van der Waals surface area contributed by atoms with Crippen LogP contribution in [0.15, 0.2) is 22.7 Å². The second-order valence-corrected chi connectivity index (χ2v) is 5.04. The summed E-state index contributed by atoms with van der Waals surface area (Å²) in [5.74, 6) is -0.375. The monoisotopic (exact) mass is 283 g/mol. The van der Waals surface area contributed by atoms with E-state index in [-0.39, 0.29) is 6.42 Å². The molecular weight excluding hydrogens is 270 g/mol. The van der Waals surface area contributed by atoms with Crippen LogP contribution < -0.4 is 4.90 Å². The zero-order valence-corrected chi connectivity index (χ0v) is 10.7. The highest BCUT2D eigenvalue weighted by molar-refractivity contribution is 9.10. The number of likely N-dealkylation sites (N-methyl/N-ethyl adjacent to an activating group) is 1. The Bertz CT molecular complexity index is 419. The van der Waals surface area contributed by atoms with Crippen molar-refractivity contribution in [1.29, 1.82) is 0 Å². The van der Waals surface area contributed by atoms with E-state index in [9.17, 15) is 4.79 Å². The molecule has 1 N–H and O–H groups in total. The minimum absolute atomic E-state index is 0.241. The predicted octanol–water partition coefficient (Wildman–Crippen LogP) is 2.85. The molecule has 0 radical (unpaired) electrons. The van der Waals surface area contributed by atoms with Crippen LogP contribution in [0.1, 0.15) is 24.3 Å². The first-order valence-electron chi connectivity index (χ1n) is 5.31. The van der Waals surface area contributed by atoms with Gasteiger partial charge in [0, 0.05) is 30.4 Å². The molecule has 1 atom stereocenters. The lowest BCUT2D eigenvalue weighted by molar-refractivity contribution is -0.137. The van der Waals surface area contributed by atoms with E-state index in [1.165, 1.54) is 11.3 Å². The lowest BCUT2D eigenvalue weighted by atomic mass is 9.96. The van der Waals surface area contributed by atoms with Crippen LogP contribution in [0.25, 0.3) is 0 Å². The first-order valence-corrected chi connectivity index (χ1v) is 6.10. The quantitative estimate of drug-likeness (QED) is 0.927. The fourth-order valence-corrected chi connectivity index (χ4v) is 3.01. The third-order valence-corrected chi connectivity index (χ3v) is 3.68. The summed E-state index contributed by atoms with van der Waals surface area (Å²) >= 11 is 3.54. The standard InChI is InChI=1S/C12H14BrNO2/c1-14-7-8(5-6-11(15)16)9-3-2-4-10(13)12(9)14/h2-4,8H,5-7H2,1H3,(H,15,16). The van der Waals surface area contributed by atoms with Crippen LogP contribution in [0.5, 0.6) is 0 Å². The highest BCUT2D eigenvalue weighted by Crippen LogP contribution is 2.42. The van der Waals surface area contributed by atoms with Crippen LogP contribution >= 0.6 is 15.9 Å². The van der Waals surface area contributed by atoms with E-state index < -0.39 is 5.97 Å². The highest BCUT2D eigenvalue weighted by Gasteiger charge is 2.27. The lowest BCUT2D eigenvalue weighted by Crippen LogP contribution is -2.16. The largest absolute Gasteiger partial charge is 0.481 e. The first kappa shape index (κ1) is 11.5. The van der Waals surface area contributed by atoms with Gasteiger partial charge in [0.05, 0.1) is 5.69 Å². The number of aliphatic carboxylic acids is 1. The van der Waals surface area contributed by atoms with Gasteiger partial charge in [-0.3, -0.25) is 4.79 Å². The minimum atomic E-state index is -0.717. The molecule has 86 valence electrons. The van der Waals surface area contributed by atoms with E-state index in [0.29, 0.717) is 12.3 Å². The molecule has 0 bridgehead atoms. The number of fused-ring (bicyclic) bond motifs is 1. The van der Waals surface area contributed by atoms with Crippen LogP contribution in [0.2, 0.25) is 0 Å². The average molecular weight is 284 g/mol. The predicted molar refractivity (Wildman–Crippen MR) is 67.0 cm³/mol. The number of anilines is 1. The molecule has 0 fully saturated rings. The van der Waals surface area contributed by atoms with Gasteiger partial charge in [-0.1, -0.05) is 12.1 Å². The van der Waals surface area contributed by atoms with Gasteiger partial charge in [-0.05, 0) is 34.0 Å². The number of carboxylic acids is 1. The molecule has 1 heterocycles. The molecule has 0 saturated heterocycles. The Kier molecular flexibility index (Phi) is 3.19. The third-order valence-electron chi connectivity index (χ3n) is 3.04. The molecule has 2 rings (SSSR count). The molecular formula is C12H14BrNO2. The van der Waals surface area contributed by atoms with Gasteiger partial charge in [-0.15, -0.1) is 0 Å². The Labute approximate surface area is 103 Å². The highest BCUT2D eigenvalue weighted by atomic mass is 79.9. The average Bonchev–Trinajstić information content (AvgIpc) is 2.54. The second kappa shape index (κ2) is 4.45. The molecule has 4 heteroatoms. The van der Waals surface area contributed by atoms with E-state index in [2.05, 4.69) is 26.9 Å². The maximum Gasteiger partial charge on any atom is 0.303 e. The number of hydrogen-bond acceptors (Lipinski definition) is 2. The Hall–Kier alpha value is -1.03. The van der Waals surface area contributed by atoms with Gasteiger partial charge < -0.3 is 10.0 Å². The Morgan fingerprint density at radius 3 is 3.06 bits per heavy atom. The molecule has 1 aromatic rings. The summed E-state index contributed by atoms with van der Waals surface area (Å²) in [7, 11) is 2.05. The van der Waals surface area contributed by atoms with Crippen molar-refractivity contribution in [3.05, 3.63) is 28.2 Å². The van der Waals surface area contributed by atoms with Crippen molar-refractivity contribution in [2.45, 2.75) is 18.8 Å². The summed E-state index contributed by atoms with van der Waals surface area (Å²) in [6.07, 6.45) is 0.952. The van der Waals surface area contributed by atoms with Gasteiger partial charge in [-0.2, -0.15) is 0 Å². The molecule has 3 nitrogen and oxygen atoms in total. The van der Waals surface area contributed by atoms with Gasteiger partial charge in [0.1, 0.15) is 0 Å². The van der Waals surface area contributed by atoms with Crippen molar-refractivity contribution in [3.8, 4) is 0 Å². The fourth-order valence-electron chi connectivity index (χ4n) is 2.33. The van der Waals surface area contributed by atoms with Gasteiger partial charge in [-0.25, -0.2) is 0 Å². The number of carbonyl (C=O) groups is 1. The van der Waals surface area contributed by atoms with Gasteiger partial charge in [0.15, 0.2) is 0 Å².